The van der Waals surface area contributed by atoms with E-state index in [9.17, 15) is 23.1 Å². The van der Waals surface area contributed by atoms with Gasteiger partial charge in [-0.2, -0.15) is 4.31 Å². The van der Waals surface area contributed by atoms with E-state index in [2.05, 4.69) is 10.6 Å². The molecule has 3 N–H and O–H groups in total. The number of amides is 2. The summed E-state index contributed by atoms with van der Waals surface area (Å²) in [6.07, 6.45) is 1.44. The molecule has 0 aliphatic carbocycles. The number of sulfonamides is 1. The van der Waals surface area contributed by atoms with Crippen LogP contribution in [0.15, 0.2) is 59.5 Å². The summed E-state index contributed by atoms with van der Waals surface area (Å²) in [7, 11) is -2.43. The normalized spacial score (nSPS) is 14.1. The van der Waals surface area contributed by atoms with Crippen LogP contribution in [-0.2, 0) is 26.0 Å². The summed E-state index contributed by atoms with van der Waals surface area (Å²) in [5.74, 6) is -0.423. The Bertz CT molecular complexity index is 1140. The Morgan fingerprint density at radius 1 is 1.00 bits per heavy atom. The first-order chi connectivity index (χ1) is 18.5. The summed E-state index contributed by atoms with van der Waals surface area (Å²) in [4.78, 5) is 25.0. The van der Waals surface area contributed by atoms with Crippen LogP contribution in [-0.4, -0.2) is 68.0 Å². The zero-order chi connectivity index (χ0) is 29.0. The van der Waals surface area contributed by atoms with Crippen molar-refractivity contribution < 1.29 is 27.9 Å². The van der Waals surface area contributed by atoms with Crippen LogP contribution in [0.4, 0.5) is 0 Å². The number of nitrogens with zero attached hydrogens (tertiary/aromatic N) is 1. The van der Waals surface area contributed by atoms with E-state index in [1.807, 2.05) is 51.1 Å². The standard InChI is InChI=1S/C29H43N3O6S/c1-6-7-11-18-32(39(36,37)25-16-14-24(38-5)15-17-25)20-27(34)26(19-23-12-9-8-10-13-23)31-29(35)28(21(2)3)30-22(4)33/h8-10,12-17,21,26-28,34H,6-7,11,18-20H2,1-5H3,(H,30,33)(H,31,35)/t26-,27+,28-/m0/s1. The molecule has 0 aromatic heterocycles. The number of methoxy groups -OCH3 is 1. The van der Waals surface area contributed by atoms with Crippen LogP contribution in [0.3, 0.4) is 0 Å². The van der Waals surface area contributed by atoms with Crippen molar-refractivity contribution in [2.45, 2.75) is 76.5 Å². The molecule has 0 unspecified atom stereocenters. The van der Waals surface area contributed by atoms with Gasteiger partial charge < -0.3 is 20.5 Å². The number of unbranched alkanes of at least 4 members (excludes halogenated alkanes) is 2. The Kier molecular flexibility index (Phi) is 12.9. The van der Waals surface area contributed by atoms with Crippen molar-refractivity contribution >= 4 is 21.8 Å². The van der Waals surface area contributed by atoms with E-state index in [-0.39, 0.29) is 36.2 Å². The zero-order valence-electron chi connectivity index (χ0n) is 23.6. The second kappa shape index (κ2) is 15.6. The number of benzene rings is 2. The molecule has 3 atom stereocenters. The Morgan fingerprint density at radius 2 is 1.64 bits per heavy atom. The van der Waals surface area contributed by atoms with Crippen LogP contribution < -0.4 is 15.4 Å². The number of hydrogen-bond donors (Lipinski definition) is 3. The molecule has 0 fully saturated rings. The lowest BCUT2D eigenvalue weighted by Gasteiger charge is -2.31. The summed E-state index contributed by atoms with van der Waals surface area (Å²) in [5, 5.41) is 17.0. The van der Waals surface area contributed by atoms with Gasteiger partial charge in [0.2, 0.25) is 21.8 Å². The van der Waals surface area contributed by atoms with Gasteiger partial charge in [0.1, 0.15) is 11.8 Å². The van der Waals surface area contributed by atoms with Gasteiger partial charge in [-0.1, -0.05) is 63.9 Å². The van der Waals surface area contributed by atoms with Crippen molar-refractivity contribution in [1.82, 2.24) is 14.9 Å². The molecule has 2 aromatic rings. The first-order valence-corrected chi connectivity index (χ1v) is 14.9. The molecule has 0 heterocycles. The number of carbonyl (C=O) groups excluding carboxylic acids is 2. The molecule has 10 heteroatoms. The highest BCUT2D eigenvalue weighted by atomic mass is 32.2. The van der Waals surface area contributed by atoms with Crippen LogP contribution in [0.25, 0.3) is 0 Å². The maximum absolute atomic E-state index is 13.6. The van der Waals surface area contributed by atoms with E-state index in [0.717, 1.165) is 18.4 Å². The lowest BCUT2D eigenvalue weighted by atomic mass is 9.98. The second-order valence-electron chi connectivity index (χ2n) is 10.0. The molecule has 0 saturated carbocycles. The van der Waals surface area contributed by atoms with Crippen molar-refractivity contribution in [3.63, 3.8) is 0 Å². The monoisotopic (exact) mass is 561 g/mol. The Hall–Kier alpha value is -2.95. The van der Waals surface area contributed by atoms with Crippen LogP contribution in [0, 0.1) is 5.92 Å². The largest absolute Gasteiger partial charge is 0.497 e. The van der Waals surface area contributed by atoms with Crippen LogP contribution >= 0.6 is 0 Å². The van der Waals surface area contributed by atoms with Crippen molar-refractivity contribution in [2.24, 2.45) is 5.92 Å². The van der Waals surface area contributed by atoms with Crippen LogP contribution in [0.5, 0.6) is 5.75 Å². The molecular formula is C29H43N3O6S. The molecule has 39 heavy (non-hydrogen) atoms. The maximum Gasteiger partial charge on any atom is 0.243 e. The molecule has 2 rings (SSSR count). The predicted molar refractivity (Wildman–Crippen MR) is 152 cm³/mol. The van der Waals surface area contributed by atoms with Gasteiger partial charge in [-0.05, 0) is 48.6 Å². The maximum atomic E-state index is 13.6. The number of rotatable bonds is 16. The first kappa shape index (κ1) is 32.3. The topological polar surface area (TPSA) is 125 Å². The van der Waals surface area contributed by atoms with Crippen molar-refractivity contribution in [1.29, 1.82) is 0 Å². The molecule has 2 aromatic carbocycles. The van der Waals surface area contributed by atoms with Crippen molar-refractivity contribution in [3.8, 4) is 5.75 Å². The lowest BCUT2D eigenvalue weighted by Crippen LogP contribution is -2.56. The van der Waals surface area contributed by atoms with Gasteiger partial charge in [0.25, 0.3) is 0 Å². The minimum Gasteiger partial charge on any atom is -0.497 e. The average molecular weight is 562 g/mol. The Labute approximate surface area is 233 Å². The van der Waals surface area contributed by atoms with Gasteiger partial charge in [0, 0.05) is 20.0 Å². The summed E-state index contributed by atoms with van der Waals surface area (Å²) >= 11 is 0. The van der Waals surface area contributed by atoms with Crippen LogP contribution in [0.1, 0.15) is 52.5 Å². The number of ether oxygens (including phenoxy) is 1. The third-order valence-electron chi connectivity index (χ3n) is 6.50. The van der Waals surface area contributed by atoms with Gasteiger partial charge >= 0.3 is 0 Å². The Balaban J connectivity index is 2.36. The minimum atomic E-state index is -3.93. The lowest BCUT2D eigenvalue weighted by molar-refractivity contribution is -0.130. The molecule has 0 radical (unpaired) electrons. The average Bonchev–Trinajstić information content (AvgIpc) is 2.91. The van der Waals surface area contributed by atoms with E-state index in [1.54, 1.807) is 12.1 Å². The molecule has 0 bridgehead atoms. The highest BCUT2D eigenvalue weighted by Crippen LogP contribution is 2.21. The number of hydrogen-bond acceptors (Lipinski definition) is 6. The molecule has 2 amide bonds. The number of nitrogens with one attached hydrogen (secondary N) is 2. The molecule has 0 saturated heterocycles. The first-order valence-electron chi connectivity index (χ1n) is 13.4. The molecule has 0 spiro atoms. The quantitative estimate of drug-likeness (QED) is 0.271. The van der Waals surface area contributed by atoms with E-state index in [4.69, 9.17) is 4.74 Å². The molecule has 216 valence electrons. The summed E-state index contributed by atoms with van der Waals surface area (Å²) < 4.78 is 33.7. The zero-order valence-corrected chi connectivity index (χ0v) is 24.4. The van der Waals surface area contributed by atoms with Gasteiger partial charge in [-0.3, -0.25) is 9.59 Å². The molecule has 0 aliphatic rings. The predicted octanol–water partition coefficient (Wildman–Crippen LogP) is 3.13. The fourth-order valence-corrected chi connectivity index (χ4v) is 5.75. The number of aliphatic hydroxyl groups excluding tert-OH is 1. The van der Waals surface area contributed by atoms with Crippen molar-refractivity contribution in [3.05, 3.63) is 60.2 Å². The molecule has 9 nitrogen and oxygen atoms in total. The summed E-state index contributed by atoms with van der Waals surface area (Å²) in [5.41, 5.74) is 0.873. The van der Waals surface area contributed by atoms with Gasteiger partial charge in [-0.15, -0.1) is 0 Å². The Morgan fingerprint density at radius 3 is 2.18 bits per heavy atom. The number of aliphatic hydroxyl groups is 1. The van der Waals surface area contributed by atoms with Gasteiger partial charge in [-0.25, -0.2) is 8.42 Å². The highest BCUT2D eigenvalue weighted by molar-refractivity contribution is 7.89. The highest BCUT2D eigenvalue weighted by Gasteiger charge is 2.32. The summed E-state index contributed by atoms with van der Waals surface area (Å²) in [6.45, 7) is 7.04. The smallest absolute Gasteiger partial charge is 0.243 e. The summed E-state index contributed by atoms with van der Waals surface area (Å²) in [6, 6.07) is 13.9. The molecule has 0 aliphatic heterocycles. The SMILES string of the molecule is CCCCCN(C[C@@H](O)[C@H](Cc1ccccc1)NC(=O)[C@@H](NC(C)=O)C(C)C)S(=O)(=O)c1ccc(OC)cc1. The fraction of sp³-hybridized carbons (Fsp3) is 0.517. The van der Waals surface area contributed by atoms with Gasteiger partial charge in [0.15, 0.2) is 0 Å². The fourth-order valence-electron chi connectivity index (χ4n) is 4.26. The van der Waals surface area contributed by atoms with E-state index in [0.29, 0.717) is 12.2 Å². The van der Waals surface area contributed by atoms with Gasteiger partial charge in [0.05, 0.1) is 24.2 Å². The van der Waals surface area contributed by atoms with E-state index >= 15 is 0 Å². The third-order valence-corrected chi connectivity index (χ3v) is 8.38. The number of carbonyl (C=O) groups is 2. The molecular weight excluding hydrogens is 518 g/mol. The minimum absolute atomic E-state index is 0.0983. The third kappa shape index (κ3) is 9.94. The van der Waals surface area contributed by atoms with E-state index in [1.165, 1.54) is 30.5 Å². The van der Waals surface area contributed by atoms with Crippen molar-refractivity contribution in [2.75, 3.05) is 20.2 Å². The van der Waals surface area contributed by atoms with Crippen LogP contribution in [0.2, 0.25) is 0 Å². The van der Waals surface area contributed by atoms with E-state index < -0.39 is 34.1 Å². The second-order valence-corrected chi connectivity index (χ2v) is 12.0.